The van der Waals surface area contributed by atoms with Crippen molar-refractivity contribution in [1.29, 1.82) is 0 Å². The molecular formula is C31H39ClN2O8. The fourth-order valence-electron chi connectivity index (χ4n) is 7.55. The van der Waals surface area contributed by atoms with Crippen molar-refractivity contribution in [2.75, 3.05) is 12.1 Å². The number of aliphatic hydroxyl groups is 2. The van der Waals surface area contributed by atoms with Crippen LogP contribution >= 0.6 is 11.6 Å². The lowest BCUT2D eigenvalue weighted by Crippen LogP contribution is -2.66. The van der Waals surface area contributed by atoms with Crippen LogP contribution in [0.2, 0.25) is 5.02 Å². The van der Waals surface area contributed by atoms with Gasteiger partial charge in [-0.05, 0) is 50.2 Å². The predicted molar refractivity (Wildman–Crippen MR) is 154 cm³/mol. The molecule has 0 spiro atoms. The minimum absolute atomic E-state index is 0.0744. The number of anilines is 1. The van der Waals surface area contributed by atoms with E-state index in [-0.39, 0.29) is 18.3 Å². The summed E-state index contributed by atoms with van der Waals surface area (Å²) < 4.78 is 11.8. The lowest BCUT2D eigenvalue weighted by Gasteiger charge is -2.55. The van der Waals surface area contributed by atoms with Crippen LogP contribution in [0.25, 0.3) is 0 Å². The lowest BCUT2D eigenvalue weighted by atomic mass is 9.56. The highest BCUT2D eigenvalue weighted by atomic mass is 35.5. The van der Waals surface area contributed by atoms with Crippen molar-refractivity contribution in [3.63, 3.8) is 0 Å². The van der Waals surface area contributed by atoms with E-state index in [0.29, 0.717) is 28.3 Å². The Bertz CT molecular complexity index is 1360. The van der Waals surface area contributed by atoms with Gasteiger partial charge in [-0.25, -0.2) is 9.63 Å². The summed E-state index contributed by atoms with van der Waals surface area (Å²) in [5.41, 5.74) is -0.979. The monoisotopic (exact) mass is 602 g/mol. The molecule has 2 heterocycles. The summed E-state index contributed by atoms with van der Waals surface area (Å²) in [6.45, 7) is 12.3. The summed E-state index contributed by atoms with van der Waals surface area (Å²) in [7, 11) is 1.60. The molecule has 1 saturated heterocycles. The van der Waals surface area contributed by atoms with Gasteiger partial charge in [0.1, 0.15) is 17.2 Å². The van der Waals surface area contributed by atoms with E-state index in [1.807, 2.05) is 19.9 Å². The van der Waals surface area contributed by atoms with Crippen LogP contribution < -0.4 is 5.06 Å². The molecule has 0 unspecified atom stereocenters. The van der Waals surface area contributed by atoms with Crippen LogP contribution in [0.4, 0.5) is 5.69 Å². The van der Waals surface area contributed by atoms with Crippen molar-refractivity contribution < 1.29 is 38.9 Å². The SMILES string of the molecule is C=C(C)[C@@H]1CC[C@@H](C)[C@@]2(O)[C@@H]1C=C(C)[C@@H](OC(C)=O)[C@@H]2OC(=O)[C@@H]1C[C@@]2(O)c3cccc(Cl)c3N(C)O[C@H]2N1C(C)=O. The minimum Gasteiger partial charge on any atom is -0.454 e. The molecule has 42 heavy (non-hydrogen) atoms. The van der Waals surface area contributed by atoms with Crippen molar-refractivity contribution >= 4 is 35.1 Å². The number of fused-ring (bicyclic) bond motifs is 4. The van der Waals surface area contributed by atoms with Crippen molar-refractivity contribution in [3.05, 3.63) is 52.6 Å². The smallest absolute Gasteiger partial charge is 0.329 e. The number of carbonyl (C=O) groups is 3. The van der Waals surface area contributed by atoms with Crippen LogP contribution in [0.15, 0.2) is 42.0 Å². The quantitative estimate of drug-likeness (QED) is 0.392. The van der Waals surface area contributed by atoms with E-state index in [4.69, 9.17) is 25.9 Å². The molecule has 0 aromatic heterocycles. The van der Waals surface area contributed by atoms with Gasteiger partial charge in [0.15, 0.2) is 18.4 Å². The number of nitrogens with zero attached hydrogens (tertiary/aromatic N) is 2. The zero-order chi connectivity index (χ0) is 30.9. The largest absolute Gasteiger partial charge is 0.454 e. The Morgan fingerprint density at radius 2 is 1.83 bits per heavy atom. The van der Waals surface area contributed by atoms with Gasteiger partial charge in [0.25, 0.3) is 0 Å². The molecule has 2 fully saturated rings. The van der Waals surface area contributed by atoms with E-state index in [0.717, 1.165) is 16.9 Å². The number of para-hydroxylation sites is 1. The summed E-state index contributed by atoms with van der Waals surface area (Å²) >= 11 is 6.43. The van der Waals surface area contributed by atoms with Gasteiger partial charge < -0.3 is 19.7 Å². The number of halogens is 1. The van der Waals surface area contributed by atoms with Crippen LogP contribution in [0, 0.1) is 17.8 Å². The summed E-state index contributed by atoms with van der Waals surface area (Å²) in [4.78, 5) is 46.5. The van der Waals surface area contributed by atoms with E-state index in [9.17, 15) is 24.6 Å². The second-order valence-corrected chi connectivity index (χ2v) is 12.7. The maximum Gasteiger partial charge on any atom is 0.329 e. The molecule has 10 nitrogen and oxygen atoms in total. The average molecular weight is 603 g/mol. The standard InChI is InChI=1S/C31H39ClN2O8/c1-15(2)20-12-11-17(4)31(39)22(20)13-16(3)26(40-19(6)36)27(31)41-28(37)24-14-30(38)21-9-8-10-23(32)25(21)33(7)42-29(30)34(24)18(5)35/h8-10,13,17,20,22,24,26-27,29,38-39H,1,11-12,14H2,2-7H3/t17-,20+,22-,24+,26-,27+,29-,30-,31-/m1/s1. The third-order valence-electron chi connectivity index (χ3n) is 9.62. The van der Waals surface area contributed by atoms with Gasteiger partial charge in [-0.1, -0.05) is 48.9 Å². The molecule has 2 aliphatic carbocycles. The van der Waals surface area contributed by atoms with Gasteiger partial charge in [0.2, 0.25) is 5.91 Å². The first kappa shape index (κ1) is 30.5. The van der Waals surface area contributed by atoms with Crippen molar-refractivity contribution in [1.82, 2.24) is 4.90 Å². The van der Waals surface area contributed by atoms with Gasteiger partial charge in [-0.15, -0.1) is 0 Å². The molecular weight excluding hydrogens is 564 g/mol. The van der Waals surface area contributed by atoms with Crippen LogP contribution in [-0.4, -0.2) is 70.1 Å². The number of ether oxygens (including phenoxy) is 2. The number of allylic oxidation sites excluding steroid dienone is 1. The van der Waals surface area contributed by atoms with E-state index < -0.39 is 59.4 Å². The third-order valence-corrected chi connectivity index (χ3v) is 9.93. The van der Waals surface area contributed by atoms with Gasteiger partial charge in [0.05, 0.1) is 10.7 Å². The van der Waals surface area contributed by atoms with E-state index in [1.165, 1.54) is 18.9 Å². The Labute approximate surface area is 250 Å². The van der Waals surface area contributed by atoms with Gasteiger partial charge in [0, 0.05) is 38.8 Å². The van der Waals surface area contributed by atoms with Crippen molar-refractivity contribution in [3.8, 4) is 0 Å². The molecule has 0 bridgehead atoms. The molecule has 9 atom stereocenters. The molecule has 5 rings (SSSR count). The molecule has 2 aliphatic heterocycles. The molecule has 2 N–H and O–H groups in total. The maximum absolute atomic E-state index is 14.1. The first-order valence-corrected chi connectivity index (χ1v) is 14.6. The number of hydrogen-bond donors (Lipinski definition) is 2. The molecule has 1 aromatic carbocycles. The summed E-state index contributed by atoms with van der Waals surface area (Å²) in [5.74, 6) is -2.78. The van der Waals surface area contributed by atoms with Crippen LogP contribution in [-0.2, 0) is 34.3 Å². The highest BCUT2D eigenvalue weighted by molar-refractivity contribution is 6.33. The second kappa shape index (κ2) is 10.7. The third kappa shape index (κ3) is 4.54. The molecule has 228 valence electrons. The number of hydrogen-bond acceptors (Lipinski definition) is 9. The summed E-state index contributed by atoms with van der Waals surface area (Å²) in [6, 6.07) is 3.75. The number of hydroxylamine groups is 1. The number of benzene rings is 1. The number of likely N-dealkylation sites (tertiary alicyclic amines) is 1. The lowest BCUT2D eigenvalue weighted by molar-refractivity contribution is -0.223. The van der Waals surface area contributed by atoms with Crippen LogP contribution in [0.5, 0.6) is 0 Å². The maximum atomic E-state index is 14.1. The van der Waals surface area contributed by atoms with E-state index >= 15 is 0 Å². The van der Waals surface area contributed by atoms with Crippen LogP contribution in [0.1, 0.15) is 59.4 Å². The van der Waals surface area contributed by atoms with Crippen molar-refractivity contribution in [2.24, 2.45) is 17.8 Å². The number of amides is 1. The molecule has 0 radical (unpaired) electrons. The normalized spacial score (nSPS) is 37.2. The summed E-state index contributed by atoms with van der Waals surface area (Å²) in [6.07, 6.45) is -0.432. The number of carbonyl (C=O) groups excluding carboxylic acids is 3. The zero-order valence-electron chi connectivity index (χ0n) is 24.8. The van der Waals surface area contributed by atoms with E-state index in [2.05, 4.69) is 6.58 Å². The van der Waals surface area contributed by atoms with Gasteiger partial charge in [-0.2, -0.15) is 0 Å². The molecule has 1 saturated carbocycles. The topological polar surface area (TPSA) is 126 Å². The highest BCUT2D eigenvalue weighted by Gasteiger charge is 2.64. The second-order valence-electron chi connectivity index (χ2n) is 12.3. The first-order chi connectivity index (χ1) is 19.6. The highest BCUT2D eigenvalue weighted by Crippen LogP contribution is 2.54. The fraction of sp³-hybridized carbons (Fsp3) is 0.581. The Hall–Kier alpha value is -2.92. The molecule has 1 aromatic rings. The van der Waals surface area contributed by atoms with Gasteiger partial charge in [-0.3, -0.25) is 19.6 Å². The number of rotatable bonds is 4. The van der Waals surface area contributed by atoms with Crippen molar-refractivity contribution in [2.45, 2.75) is 89.6 Å². The first-order valence-electron chi connectivity index (χ1n) is 14.3. The Morgan fingerprint density at radius 1 is 1.14 bits per heavy atom. The summed E-state index contributed by atoms with van der Waals surface area (Å²) in [5, 5.41) is 26.1. The number of esters is 2. The molecule has 11 heteroatoms. The Morgan fingerprint density at radius 3 is 2.45 bits per heavy atom. The molecule has 4 aliphatic rings. The zero-order valence-corrected chi connectivity index (χ0v) is 25.6. The Kier molecular flexibility index (Phi) is 7.75. The Balaban J connectivity index is 1.55. The minimum atomic E-state index is -1.78. The molecule has 1 amide bonds. The fourth-order valence-corrected chi connectivity index (χ4v) is 7.85. The van der Waals surface area contributed by atoms with Gasteiger partial charge >= 0.3 is 11.9 Å². The van der Waals surface area contributed by atoms with E-state index in [1.54, 1.807) is 32.2 Å². The average Bonchev–Trinajstić information content (AvgIpc) is 3.21. The predicted octanol–water partition coefficient (Wildman–Crippen LogP) is 3.63. The van der Waals surface area contributed by atoms with Crippen LogP contribution in [0.3, 0.4) is 0 Å².